The van der Waals surface area contributed by atoms with Crippen molar-refractivity contribution >= 4 is 11.9 Å². The van der Waals surface area contributed by atoms with Crippen molar-refractivity contribution in [2.24, 2.45) is 0 Å². The van der Waals surface area contributed by atoms with E-state index in [-0.39, 0.29) is 26.0 Å². The van der Waals surface area contributed by atoms with E-state index in [2.05, 4.69) is 24.4 Å². The predicted molar refractivity (Wildman–Crippen MR) is 177 cm³/mol. The first kappa shape index (κ1) is 44.3. The maximum atomic E-state index is 12.7. The Labute approximate surface area is 285 Å². The molecular weight excluding hydrogens is 630 g/mol. The molecule has 0 saturated carbocycles. The van der Waals surface area contributed by atoms with E-state index in [4.69, 9.17) is 18.9 Å². The van der Waals surface area contributed by atoms with Crippen molar-refractivity contribution in [2.75, 3.05) is 33.5 Å². The van der Waals surface area contributed by atoms with Gasteiger partial charge in [-0.1, -0.05) is 70.4 Å². The van der Waals surface area contributed by atoms with Gasteiger partial charge in [-0.2, -0.15) is 0 Å². The Bertz CT molecular complexity index is 863. The van der Waals surface area contributed by atoms with Gasteiger partial charge in [-0.15, -0.1) is 0 Å². The number of amides is 1. The molecule has 1 aliphatic rings. The maximum absolute atomic E-state index is 12.7. The molecule has 0 aliphatic carbocycles. The number of unbranched alkanes of at least 4 members (excludes halogenated alkanes) is 11. The van der Waals surface area contributed by atoms with Gasteiger partial charge in [-0.3, -0.25) is 9.59 Å². The Balaban J connectivity index is 2.39. The lowest BCUT2D eigenvalue weighted by Gasteiger charge is -2.39. The van der Waals surface area contributed by atoms with Gasteiger partial charge in [0.25, 0.3) is 5.91 Å². The molecule has 0 radical (unpaired) electrons. The first-order valence-electron chi connectivity index (χ1n) is 17.6. The molecule has 0 aromatic carbocycles. The van der Waals surface area contributed by atoms with Gasteiger partial charge >= 0.3 is 5.97 Å². The first-order valence-corrected chi connectivity index (χ1v) is 17.6. The van der Waals surface area contributed by atoms with Gasteiger partial charge < -0.3 is 60.0 Å². The van der Waals surface area contributed by atoms with Crippen LogP contribution >= 0.6 is 0 Å². The lowest BCUT2D eigenvalue weighted by molar-refractivity contribution is -0.291. The summed E-state index contributed by atoms with van der Waals surface area (Å²) < 4.78 is 21.3. The fourth-order valence-corrected chi connectivity index (χ4v) is 5.39. The molecular formula is C34H63NO13. The number of carbonyl (C=O) groups excluding carboxylic acids is 2. The average molecular weight is 694 g/mol. The zero-order valence-electron chi connectivity index (χ0n) is 28.9. The molecule has 282 valence electrons. The molecule has 1 amide bonds. The van der Waals surface area contributed by atoms with E-state index in [1.54, 1.807) is 0 Å². The molecule has 0 aromatic heterocycles. The standard InChI is InChI=1S/C34H63NO13/c1-3-4-5-6-7-8-9-10-11-12-13-14-15-16-17-18-28(40)46-24(23-45-2)20-35-34(44)32(43)31(42)33(26(39)21-36)48-29-19-25(38)30(41)27(22-37)47-29/h10-11,24-27,29-33,36-39,41-43H,3-9,12-23H2,1-2H3,(H,35,44)/b11-10+/t24?,25?,26?,27?,29-,30+,31?,32?,33?/m1/s1. The zero-order valence-corrected chi connectivity index (χ0v) is 28.9. The van der Waals surface area contributed by atoms with Crippen LogP contribution in [0.5, 0.6) is 0 Å². The number of nitrogens with one attached hydrogen (secondary N) is 1. The molecule has 1 fully saturated rings. The highest BCUT2D eigenvalue weighted by Gasteiger charge is 2.42. The van der Waals surface area contributed by atoms with Gasteiger partial charge in [0.2, 0.25) is 0 Å². The molecule has 7 unspecified atom stereocenters. The van der Waals surface area contributed by atoms with Crippen LogP contribution in [0, 0.1) is 0 Å². The fraction of sp³-hybridized carbons (Fsp3) is 0.882. The minimum absolute atomic E-state index is 0.0365. The molecule has 14 heteroatoms. The van der Waals surface area contributed by atoms with Crippen molar-refractivity contribution in [3.8, 4) is 0 Å². The van der Waals surface area contributed by atoms with Crippen LogP contribution in [0.15, 0.2) is 12.2 Å². The van der Waals surface area contributed by atoms with Crippen molar-refractivity contribution in [1.82, 2.24) is 5.32 Å². The maximum Gasteiger partial charge on any atom is 0.306 e. The number of esters is 1. The van der Waals surface area contributed by atoms with Gasteiger partial charge in [0.05, 0.1) is 32.5 Å². The summed E-state index contributed by atoms with van der Waals surface area (Å²) in [4.78, 5) is 25.1. The summed E-state index contributed by atoms with van der Waals surface area (Å²) in [5, 5.41) is 72.4. The van der Waals surface area contributed by atoms with Crippen LogP contribution in [0.1, 0.15) is 103 Å². The topological polar surface area (TPSA) is 225 Å². The normalized spacial score (nSPS) is 23.0. The summed E-state index contributed by atoms with van der Waals surface area (Å²) in [5.41, 5.74) is 0. The Kier molecular flexibility index (Phi) is 25.0. The number of hydrogen-bond acceptors (Lipinski definition) is 13. The monoisotopic (exact) mass is 693 g/mol. The third-order valence-electron chi connectivity index (χ3n) is 8.32. The number of rotatable bonds is 28. The molecule has 14 nitrogen and oxygen atoms in total. The van der Waals surface area contributed by atoms with Crippen LogP contribution in [-0.4, -0.2) is 136 Å². The second-order valence-electron chi connectivity index (χ2n) is 12.5. The van der Waals surface area contributed by atoms with Crippen LogP contribution in [-0.2, 0) is 28.5 Å². The van der Waals surface area contributed by atoms with E-state index in [9.17, 15) is 45.3 Å². The molecule has 48 heavy (non-hydrogen) atoms. The second-order valence-corrected chi connectivity index (χ2v) is 12.5. The van der Waals surface area contributed by atoms with Crippen molar-refractivity contribution in [3.63, 3.8) is 0 Å². The van der Waals surface area contributed by atoms with E-state index in [0.29, 0.717) is 6.42 Å². The highest BCUT2D eigenvalue weighted by Crippen LogP contribution is 2.24. The number of aliphatic hydroxyl groups excluding tert-OH is 7. The molecule has 0 bridgehead atoms. The summed E-state index contributed by atoms with van der Waals surface area (Å²) in [6, 6.07) is 0. The molecule has 1 aliphatic heterocycles. The summed E-state index contributed by atoms with van der Waals surface area (Å²) in [6.07, 6.45) is 5.29. The molecule has 1 rings (SSSR count). The van der Waals surface area contributed by atoms with Crippen LogP contribution < -0.4 is 5.32 Å². The van der Waals surface area contributed by atoms with E-state index in [1.807, 2.05) is 0 Å². The second kappa shape index (κ2) is 27.1. The Morgan fingerprint density at radius 2 is 1.52 bits per heavy atom. The Morgan fingerprint density at radius 3 is 2.10 bits per heavy atom. The Morgan fingerprint density at radius 1 is 0.917 bits per heavy atom. The third-order valence-corrected chi connectivity index (χ3v) is 8.32. The van der Waals surface area contributed by atoms with Crippen molar-refractivity contribution in [2.45, 2.75) is 158 Å². The van der Waals surface area contributed by atoms with Crippen molar-refractivity contribution in [1.29, 1.82) is 0 Å². The van der Waals surface area contributed by atoms with Crippen LogP contribution in [0.2, 0.25) is 0 Å². The number of aliphatic hydroxyl groups is 7. The summed E-state index contributed by atoms with van der Waals surface area (Å²) >= 11 is 0. The number of methoxy groups -OCH3 is 1. The number of carbonyl (C=O) groups is 2. The lowest BCUT2D eigenvalue weighted by Crippen LogP contribution is -2.57. The number of ether oxygens (including phenoxy) is 4. The van der Waals surface area contributed by atoms with Gasteiger partial charge in [0, 0.05) is 20.0 Å². The van der Waals surface area contributed by atoms with E-state index < -0.39 is 80.2 Å². The Hall–Kier alpha value is -1.72. The minimum atomic E-state index is -2.15. The number of allylic oxidation sites excluding steroid dienone is 2. The molecule has 1 saturated heterocycles. The van der Waals surface area contributed by atoms with Crippen LogP contribution in [0.3, 0.4) is 0 Å². The lowest BCUT2D eigenvalue weighted by atomic mass is 10.00. The minimum Gasteiger partial charge on any atom is -0.458 e. The number of hydrogen-bond donors (Lipinski definition) is 8. The molecule has 1 heterocycles. The van der Waals surface area contributed by atoms with E-state index >= 15 is 0 Å². The largest absolute Gasteiger partial charge is 0.458 e. The van der Waals surface area contributed by atoms with Gasteiger partial charge in [-0.05, 0) is 32.1 Å². The molecule has 9 atom stereocenters. The highest BCUT2D eigenvalue weighted by molar-refractivity contribution is 5.81. The first-order chi connectivity index (χ1) is 23.1. The third kappa shape index (κ3) is 18.3. The van der Waals surface area contributed by atoms with Gasteiger partial charge in [0.15, 0.2) is 12.4 Å². The quantitative estimate of drug-likeness (QED) is 0.0326. The highest BCUT2D eigenvalue weighted by atomic mass is 16.7. The SMILES string of the molecule is CCCCCCCC/C=C/CCCCCCCC(=O)OC(CNC(=O)C(O)C(O)C(O[C@@H]1CC(O)[C@H](O)C(CO)O1)C(O)CO)COC. The van der Waals surface area contributed by atoms with Gasteiger partial charge in [0.1, 0.15) is 36.6 Å². The van der Waals surface area contributed by atoms with E-state index in [0.717, 1.165) is 38.5 Å². The smallest absolute Gasteiger partial charge is 0.306 e. The van der Waals surface area contributed by atoms with Crippen LogP contribution in [0.4, 0.5) is 0 Å². The van der Waals surface area contributed by atoms with Crippen LogP contribution in [0.25, 0.3) is 0 Å². The zero-order chi connectivity index (χ0) is 35.7. The summed E-state index contributed by atoms with van der Waals surface area (Å²) in [5.74, 6) is -1.53. The average Bonchev–Trinajstić information content (AvgIpc) is 3.08. The van der Waals surface area contributed by atoms with Gasteiger partial charge in [-0.25, -0.2) is 0 Å². The van der Waals surface area contributed by atoms with Crippen molar-refractivity contribution < 1.29 is 64.3 Å². The summed E-state index contributed by atoms with van der Waals surface area (Å²) in [7, 11) is 1.40. The van der Waals surface area contributed by atoms with Crippen molar-refractivity contribution in [3.05, 3.63) is 12.2 Å². The predicted octanol–water partition coefficient (Wildman–Crippen LogP) is 0.988. The fourth-order valence-electron chi connectivity index (χ4n) is 5.39. The molecule has 0 aromatic rings. The molecule has 0 spiro atoms. The van der Waals surface area contributed by atoms with E-state index in [1.165, 1.54) is 45.6 Å². The molecule has 8 N–H and O–H groups in total. The summed E-state index contributed by atoms with van der Waals surface area (Å²) in [6.45, 7) is 0.373.